The van der Waals surface area contributed by atoms with Crippen molar-refractivity contribution in [2.45, 2.75) is 39.7 Å². The van der Waals surface area contributed by atoms with E-state index in [1.807, 2.05) is 43.5 Å². The van der Waals surface area contributed by atoms with Crippen LogP contribution in [0.3, 0.4) is 0 Å². The fraction of sp³-hybridized carbons (Fsp3) is 0.429. The molecule has 0 saturated carbocycles. The number of aryl methyl sites for hydroxylation is 1. The van der Waals surface area contributed by atoms with Crippen LogP contribution in [-0.2, 0) is 27.1 Å². The van der Waals surface area contributed by atoms with E-state index in [-0.39, 0.29) is 5.97 Å². The van der Waals surface area contributed by atoms with Gasteiger partial charge in [-0.2, -0.15) is 0 Å². The van der Waals surface area contributed by atoms with Gasteiger partial charge in [0.25, 0.3) is 0 Å². The van der Waals surface area contributed by atoms with E-state index >= 15 is 0 Å². The molecule has 0 aliphatic carbocycles. The third-order valence-electron chi connectivity index (χ3n) is 3.94. The number of ether oxygens (including phenoxy) is 3. The molecule has 1 heterocycles. The summed E-state index contributed by atoms with van der Waals surface area (Å²) in [6, 6.07) is 11.5. The van der Waals surface area contributed by atoms with Crippen molar-refractivity contribution in [2.75, 3.05) is 19.8 Å². The largest absolute Gasteiger partial charge is 0.493 e. The lowest BCUT2D eigenvalue weighted by molar-refractivity contribution is -0.157. The van der Waals surface area contributed by atoms with Gasteiger partial charge in [-0.05, 0) is 49.6 Å². The normalized spacial score (nSPS) is 11.8. The second-order valence-electron chi connectivity index (χ2n) is 5.77. The van der Waals surface area contributed by atoms with Crippen molar-refractivity contribution in [3.05, 3.63) is 59.4 Å². The molecule has 5 heteroatoms. The molecule has 2 aromatic rings. The standard InChI is InChI=1S/C21H27NO4/c1-4-16-7-10-18(22-15-16)13-14-26-19-11-8-17(9-12-19)20(24-5-2)21(23)25-6-3/h7-12,15,20H,4-6,13-14H2,1-3H3. The number of hydrogen-bond acceptors (Lipinski definition) is 5. The lowest BCUT2D eigenvalue weighted by Crippen LogP contribution is -2.19. The molecule has 0 spiro atoms. The molecule has 1 atom stereocenters. The van der Waals surface area contributed by atoms with Crippen molar-refractivity contribution in [1.29, 1.82) is 0 Å². The lowest BCUT2D eigenvalue weighted by Gasteiger charge is -2.16. The summed E-state index contributed by atoms with van der Waals surface area (Å²) in [6.07, 6.45) is 2.95. The second-order valence-corrected chi connectivity index (χ2v) is 5.77. The Morgan fingerprint density at radius 1 is 1.04 bits per heavy atom. The molecular weight excluding hydrogens is 330 g/mol. The van der Waals surface area contributed by atoms with Gasteiger partial charge in [0.15, 0.2) is 6.10 Å². The first-order valence-electron chi connectivity index (χ1n) is 9.12. The topological polar surface area (TPSA) is 57.7 Å². The Balaban J connectivity index is 1.90. The first-order valence-corrected chi connectivity index (χ1v) is 9.12. The summed E-state index contributed by atoms with van der Waals surface area (Å²) in [5.41, 5.74) is 3.00. The maximum atomic E-state index is 12.0. The van der Waals surface area contributed by atoms with E-state index in [1.54, 1.807) is 6.92 Å². The van der Waals surface area contributed by atoms with E-state index in [2.05, 4.69) is 18.0 Å². The number of benzene rings is 1. The highest BCUT2D eigenvalue weighted by atomic mass is 16.6. The van der Waals surface area contributed by atoms with Crippen molar-refractivity contribution in [1.82, 2.24) is 4.98 Å². The van der Waals surface area contributed by atoms with E-state index in [1.165, 1.54) is 5.56 Å². The molecule has 0 aliphatic heterocycles. The Morgan fingerprint density at radius 2 is 1.81 bits per heavy atom. The molecule has 2 rings (SSSR count). The average molecular weight is 357 g/mol. The van der Waals surface area contributed by atoms with Crippen LogP contribution in [0.5, 0.6) is 5.75 Å². The van der Waals surface area contributed by atoms with Crippen LogP contribution >= 0.6 is 0 Å². The highest BCUT2D eigenvalue weighted by molar-refractivity contribution is 5.76. The van der Waals surface area contributed by atoms with Crippen molar-refractivity contribution in [2.24, 2.45) is 0 Å². The molecule has 1 aromatic carbocycles. The minimum atomic E-state index is -0.699. The zero-order valence-electron chi connectivity index (χ0n) is 15.7. The Morgan fingerprint density at radius 3 is 2.38 bits per heavy atom. The van der Waals surface area contributed by atoms with Crippen LogP contribution in [-0.4, -0.2) is 30.8 Å². The second kappa shape index (κ2) is 10.6. The van der Waals surface area contributed by atoms with Gasteiger partial charge in [0.2, 0.25) is 0 Å². The molecule has 0 aliphatic rings. The fourth-order valence-corrected chi connectivity index (χ4v) is 2.51. The van der Waals surface area contributed by atoms with Gasteiger partial charge in [-0.3, -0.25) is 4.98 Å². The van der Waals surface area contributed by atoms with Crippen LogP contribution in [0.2, 0.25) is 0 Å². The first kappa shape index (κ1) is 19.9. The Hall–Kier alpha value is -2.40. The summed E-state index contributed by atoms with van der Waals surface area (Å²) < 4.78 is 16.4. The molecule has 0 saturated heterocycles. The number of rotatable bonds is 10. The maximum absolute atomic E-state index is 12.0. The number of pyridine rings is 1. The van der Waals surface area contributed by atoms with Crippen LogP contribution in [0.25, 0.3) is 0 Å². The van der Waals surface area contributed by atoms with Crippen LogP contribution in [0.15, 0.2) is 42.6 Å². The first-order chi connectivity index (χ1) is 12.7. The summed E-state index contributed by atoms with van der Waals surface area (Å²) in [6.45, 7) is 7.06. The zero-order chi connectivity index (χ0) is 18.8. The molecule has 0 N–H and O–H groups in total. The molecule has 5 nitrogen and oxygen atoms in total. The number of carbonyl (C=O) groups is 1. The Labute approximate surface area is 155 Å². The third-order valence-corrected chi connectivity index (χ3v) is 3.94. The van der Waals surface area contributed by atoms with Crippen LogP contribution in [0.1, 0.15) is 43.7 Å². The molecule has 1 aromatic heterocycles. The van der Waals surface area contributed by atoms with Gasteiger partial charge >= 0.3 is 5.97 Å². The molecule has 1 unspecified atom stereocenters. The van der Waals surface area contributed by atoms with Gasteiger partial charge in [-0.15, -0.1) is 0 Å². The molecule has 0 bridgehead atoms. The minimum absolute atomic E-state index is 0.330. The van der Waals surface area contributed by atoms with E-state index in [0.29, 0.717) is 19.8 Å². The number of aromatic nitrogens is 1. The SMILES string of the molecule is CCOC(=O)C(OCC)c1ccc(OCCc2ccc(CC)cn2)cc1. The Kier molecular flexibility index (Phi) is 8.09. The molecule has 0 fully saturated rings. The summed E-state index contributed by atoms with van der Waals surface area (Å²) in [5.74, 6) is 0.377. The predicted octanol–water partition coefficient (Wildman–Crippen LogP) is 3.91. The maximum Gasteiger partial charge on any atom is 0.339 e. The molecule has 26 heavy (non-hydrogen) atoms. The zero-order valence-corrected chi connectivity index (χ0v) is 15.7. The van der Waals surface area contributed by atoms with Gasteiger partial charge in [0.1, 0.15) is 5.75 Å². The summed E-state index contributed by atoms with van der Waals surface area (Å²) in [7, 11) is 0. The summed E-state index contributed by atoms with van der Waals surface area (Å²) in [5, 5.41) is 0. The average Bonchev–Trinajstić information content (AvgIpc) is 2.67. The van der Waals surface area contributed by atoms with Crippen molar-refractivity contribution >= 4 is 5.97 Å². The highest BCUT2D eigenvalue weighted by Crippen LogP contribution is 2.22. The van der Waals surface area contributed by atoms with Gasteiger partial charge in [0, 0.05) is 24.9 Å². The monoisotopic (exact) mass is 357 g/mol. The van der Waals surface area contributed by atoms with Gasteiger partial charge in [0.05, 0.1) is 13.2 Å². The third kappa shape index (κ3) is 5.85. The number of esters is 1. The van der Waals surface area contributed by atoms with Crippen LogP contribution < -0.4 is 4.74 Å². The minimum Gasteiger partial charge on any atom is -0.493 e. The van der Waals surface area contributed by atoms with Crippen molar-refractivity contribution in [3.63, 3.8) is 0 Å². The number of hydrogen-bond donors (Lipinski definition) is 0. The molecular formula is C21H27NO4. The highest BCUT2D eigenvalue weighted by Gasteiger charge is 2.22. The van der Waals surface area contributed by atoms with E-state index in [4.69, 9.17) is 14.2 Å². The van der Waals surface area contributed by atoms with E-state index in [9.17, 15) is 4.79 Å². The number of carbonyl (C=O) groups excluding carboxylic acids is 1. The summed E-state index contributed by atoms with van der Waals surface area (Å²) in [4.78, 5) is 16.4. The van der Waals surface area contributed by atoms with Gasteiger partial charge in [-0.1, -0.05) is 25.1 Å². The summed E-state index contributed by atoms with van der Waals surface area (Å²) >= 11 is 0. The van der Waals surface area contributed by atoms with Crippen LogP contribution in [0, 0.1) is 0 Å². The molecule has 0 amide bonds. The lowest BCUT2D eigenvalue weighted by atomic mass is 10.1. The van der Waals surface area contributed by atoms with Crippen molar-refractivity contribution < 1.29 is 19.0 Å². The van der Waals surface area contributed by atoms with E-state index < -0.39 is 6.10 Å². The van der Waals surface area contributed by atoms with Gasteiger partial charge < -0.3 is 14.2 Å². The number of nitrogens with zero attached hydrogens (tertiary/aromatic N) is 1. The smallest absolute Gasteiger partial charge is 0.339 e. The quantitative estimate of drug-likeness (QED) is 0.604. The fourth-order valence-electron chi connectivity index (χ4n) is 2.51. The molecule has 0 radical (unpaired) electrons. The van der Waals surface area contributed by atoms with Crippen molar-refractivity contribution in [3.8, 4) is 5.75 Å². The van der Waals surface area contributed by atoms with Gasteiger partial charge in [-0.25, -0.2) is 4.79 Å². The van der Waals surface area contributed by atoms with Crippen LogP contribution in [0.4, 0.5) is 0 Å². The Bertz CT molecular complexity index is 667. The molecule has 140 valence electrons. The predicted molar refractivity (Wildman–Crippen MR) is 100 cm³/mol. The van der Waals surface area contributed by atoms with E-state index in [0.717, 1.165) is 29.8 Å².